The number of anilines is 1. The van der Waals surface area contributed by atoms with E-state index in [1.165, 1.54) is 23.2 Å². The molecule has 1 N–H and O–H groups in total. The van der Waals surface area contributed by atoms with Gasteiger partial charge in [0.15, 0.2) is 5.69 Å². The predicted molar refractivity (Wildman–Crippen MR) is 92.3 cm³/mol. The number of benzene rings is 2. The summed E-state index contributed by atoms with van der Waals surface area (Å²) in [6.45, 7) is 1.92. The standard InChI is InChI=1S/C19H17N5/c20-12-17-19(22-23-21-17)16-7-3-5-14(11-16)13-24-10-4-8-15-6-1-2-9-18(15)24/h1-3,5-7,9,11H,4,8,10,13H2,(H,21,22,23). The molecule has 0 saturated heterocycles. The van der Waals surface area contributed by atoms with Crippen molar-refractivity contribution < 1.29 is 0 Å². The average Bonchev–Trinajstić information content (AvgIpc) is 3.11. The molecule has 0 unspecified atom stereocenters. The second kappa shape index (κ2) is 6.17. The summed E-state index contributed by atoms with van der Waals surface area (Å²) < 4.78 is 0. The van der Waals surface area contributed by atoms with Gasteiger partial charge in [-0.2, -0.15) is 15.6 Å². The second-order valence-electron chi connectivity index (χ2n) is 5.99. The molecule has 0 saturated carbocycles. The first-order chi connectivity index (χ1) is 11.8. The van der Waals surface area contributed by atoms with E-state index in [4.69, 9.17) is 5.26 Å². The van der Waals surface area contributed by atoms with Crippen molar-refractivity contribution in [2.24, 2.45) is 0 Å². The Morgan fingerprint density at radius 2 is 2.04 bits per heavy atom. The molecule has 0 amide bonds. The highest BCUT2D eigenvalue weighted by molar-refractivity contribution is 5.65. The molecule has 1 aromatic heterocycles. The molecule has 24 heavy (non-hydrogen) atoms. The highest BCUT2D eigenvalue weighted by Crippen LogP contribution is 2.29. The molecule has 1 aliphatic rings. The molecule has 5 heteroatoms. The van der Waals surface area contributed by atoms with E-state index >= 15 is 0 Å². The quantitative estimate of drug-likeness (QED) is 0.805. The van der Waals surface area contributed by atoms with Crippen molar-refractivity contribution in [3.8, 4) is 17.3 Å². The molecule has 0 fully saturated rings. The molecule has 0 radical (unpaired) electrons. The summed E-state index contributed by atoms with van der Waals surface area (Å²) >= 11 is 0. The maximum Gasteiger partial charge on any atom is 0.190 e. The van der Waals surface area contributed by atoms with Gasteiger partial charge in [0.05, 0.1) is 0 Å². The minimum Gasteiger partial charge on any atom is -0.367 e. The fourth-order valence-corrected chi connectivity index (χ4v) is 3.32. The Labute approximate surface area is 140 Å². The lowest BCUT2D eigenvalue weighted by Crippen LogP contribution is -2.28. The van der Waals surface area contributed by atoms with E-state index in [0.717, 1.165) is 25.1 Å². The van der Waals surface area contributed by atoms with Crippen LogP contribution in [0, 0.1) is 11.3 Å². The first-order valence-electron chi connectivity index (χ1n) is 8.08. The number of para-hydroxylation sites is 1. The molecule has 0 atom stereocenters. The van der Waals surface area contributed by atoms with Crippen molar-refractivity contribution >= 4 is 5.69 Å². The number of hydrogen-bond acceptors (Lipinski definition) is 4. The highest BCUT2D eigenvalue weighted by atomic mass is 15.3. The van der Waals surface area contributed by atoms with Crippen LogP contribution in [0.4, 0.5) is 5.69 Å². The van der Waals surface area contributed by atoms with Crippen LogP contribution in [0.3, 0.4) is 0 Å². The predicted octanol–water partition coefficient (Wildman–Crippen LogP) is 3.30. The zero-order chi connectivity index (χ0) is 16.4. The van der Waals surface area contributed by atoms with Gasteiger partial charge in [-0.3, -0.25) is 0 Å². The molecule has 3 aromatic rings. The number of aryl methyl sites for hydroxylation is 1. The molecule has 2 heterocycles. The number of fused-ring (bicyclic) bond motifs is 1. The summed E-state index contributed by atoms with van der Waals surface area (Å²) in [6, 6.07) is 18.9. The largest absolute Gasteiger partial charge is 0.367 e. The first kappa shape index (κ1) is 14.5. The number of aromatic nitrogens is 3. The Morgan fingerprint density at radius 3 is 2.96 bits per heavy atom. The van der Waals surface area contributed by atoms with Crippen molar-refractivity contribution in [3.63, 3.8) is 0 Å². The zero-order valence-electron chi connectivity index (χ0n) is 13.2. The molecule has 1 aliphatic heterocycles. The van der Waals surface area contributed by atoms with Gasteiger partial charge in [0.25, 0.3) is 0 Å². The van der Waals surface area contributed by atoms with E-state index in [2.05, 4.69) is 62.8 Å². The zero-order valence-corrected chi connectivity index (χ0v) is 13.2. The van der Waals surface area contributed by atoms with Crippen LogP contribution in [0.2, 0.25) is 0 Å². The minimum atomic E-state index is 0.329. The Morgan fingerprint density at radius 1 is 1.12 bits per heavy atom. The normalized spacial score (nSPS) is 13.4. The molecule has 0 bridgehead atoms. The number of H-pyrrole nitrogens is 1. The maximum absolute atomic E-state index is 9.13. The van der Waals surface area contributed by atoms with Crippen molar-refractivity contribution in [1.29, 1.82) is 5.26 Å². The van der Waals surface area contributed by atoms with Crippen LogP contribution in [0.5, 0.6) is 0 Å². The third kappa shape index (κ3) is 2.63. The summed E-state index contributed by atoms with van der Waals surface area (Å²) in [7, 11) is 0. The van der Waals surface area contributed by atoms with E-state index in [-0.39, 0.29) is 0 Å². The topological polar surface area (TPSA) is 68.6 Å². The van der Waals surface area contributed by atoms with E-state index in [0.29, 0.717) is 11.4 Å². The summed E-state index contributed by atoms with van der Waals surface area (Å²) in [5.74, 6) is 0. The van der Waals surface area contributed by atoms with Crippen molar-refractivity contribution in [3.05, 3.63) is 65.4 Å². The lowest BCUT2D eigenvalue weighted by Gasteiger charge is -2.31. The van der Waals surface area contributed by atoms with Crippen LogP contribution >= 0.6 is 0 Å². The van der Waals surface area contributed by atoms with Gasteiger partial charge in [-0.25, -0.2) is 0 Å². The van der Waals surface area contributed by atoms with Crippen molar-refractivity contribution in [2.75, 3.05) is 11.4 Å². The van der Waals surface area contributed by atoms with Gasteiger partial charge >= 0.3 is 0 Å². The lowest BCUT2D eigenvalue weighted by atomic mass is 10.0. The fraction of sp³-hybridized carbons (Fsp3) is 0.211. The Balaban J connectivity index is 1.63. The number of hydrogen-bond donors (Lipinski definition) is 1. The van der Waals surface area contributed by atoms with Crippen LogP contribution in [-0.4, -0.2) is 22.0 Å². The molecule has 0 aliphatic carbocycles. The van der Waals surface area contributed by atoms with Crippen LogP contribution in [0.1, 0.15) is 23.2 Å². The third-order valence-corrected chi connectivity index (χ3v) is 4.43. The Hall–Kier alpha value is -3.13. The van der Waals surface area contributed by atoms with Gasteiger partial charge in [0, 0.05) is 24.3 Å². The van der Waals surface area contributed by atoms with Gasteiger partial charge in [-0.15, -0.1) is 5.10 Å². The van der Waals surface area contributed by atoms with E-state index in [9.17, 15) is 0 Å². The van der Waals surface area contributed by atoms with Gasteiger partial charge < -0.3 is 4.90 Å². The molecular weight excluding hydrogens is 298 g/mol. The fourth-order valence-electron chi connectivity index (χ4n) is 3.32. The maximum atomic E-state index is 9.13. The number of rotatable bonds is 3. The molecule has 0 spiro atoms. The monoisotopic (exact) mass is 315 g/mol. The number of aromatic amines is 1. The summed E-state index contributed by atoms with van der Waals surface area (Å²) in [4.78, 5) is 2.42. The molecule has 118 valence electrons. The summed E-state index contributed by atoms with van der Waals surface area (Å²) in [6.07, 6.45) is 2.33. The molecule has 4 rings (SSSR count). The second-order valence-corrected chi connectivity index (χ2v) is 5.99. The van der Waals surface area contributed by atoms with Crippen molar-refractivity contribution in [1.82, 2.24) is 15.4 Å². The SMILES string of the molecule is N#Cc1n[nH]nc1-c1cccc(CN2CCCc3ccccc32)c1. The number of nitrogens with one attached hydrogen (secondary N) is 1. The molecule has 5 nitrogen and oxygen atoms in total. The number of nitrogens with zero attached hydrogens (tertiary/aromatic N) is 4. The number of nitriles is 1. The first-order valence-corrected chi connectivity index (χ1v) is 8.08. The third-order valence-electron chi connectivity index (χ3n) is 4.43. The van der Waals surface area contributed by atoms with Gasteiger partial charge in [-0.1, -0.05) is 36.4 Å². The summed E-state index contributed by atoms with van der Waals surface area (Å²) in [5.41, 5.74) is 5.81. The van der Waals surface area contributed by atoms with Gasteiger partial charge in [0.2, 0.25) is 0 Å². The van der Waals surface area contributed by atoms with E-state index in [1.807, 2.05) is 12.1 Å². The van der Waals surface area contributed by atoms with Crippen LogP contribution < -0.4 is 4.90 Å². The van der Waals surface area contributed by atoms with Gasteiger partial charge in [0.1, 0.15) is 11.8 Å². The minimum absolute atomic E-state index is 0.329. The van der Waals surface area contributed by atoms with Crippen molar-refractivity contribution in [2.45, 2.75) is 19.4 Å². The molecular formula is C19H17N5. The Bertz CT molecular complexity index is 906. The van der Waals surface area contributed by atoms with Crippen LogP contribution in [0.15, 0.2) is 48.5 Å². The van der Waals surface area contributed by atoms with E-state index < -0.39 is 0 Å². The smallest absolute Gasteiger partial charge is 0.190 e. The highest BCUT2D eigenvalue weighted by Gasteiger charge is 2.17. The molecule has 2 aromatic carbocycles. The Kier molecular flexibility index (Phi) is 3.72. The lowest BCUT2D eigenvalue weighted by molar-refractivity contribution is 0.691. The van der Waals surface area contributed by atoms with E-state index in [1.54, 1.807) is 0 Å². The van der Waals surface area contributed by atoms with Crippen LogP contribution in [-0.2, 0) is 13.0 Å². The average molecular weight is 315 g/mol. The van der Waals surface area contributed by atoms with Gasteiger partial charge in [-0.05, 0) is 36.1 Å². The summed E-state index contributed by atoms with van der Waals surface area (Å²) in [5, 5.41) is 19.6. The van der Waals surface area contributed by atoms with Crippen LogP contribution in [0.25, 0.3) is 11.3 Å².